The van der Waals surface area contributed by atoms with Gasteiger partial charge < -0.3 is 10.8 Å². The number of rotatable bonds is 1. The molecule has 16 heavy (non-hydrogen) atoms. The van der Waals surface area contributed by atoms with Crippen molar-refractivity contribution >= 4 is 0 Å². The van der Waals surface area contributed by atoms with Gasteiger partial charge in [-0.15, -0.1) is 0 Å². The molecule has 2 aliphatic rings. The first-order valence-corrected chi connectivity index (χ1v) is 6.88. The largest absolute Gasteiger partial charge is 0.388 e. The Morgan fingerprint density at radius 2 is 1.50 bits per heavy atom. The van der Waals surface area contributed by atoms with E-state index in [0.717, 1.165) is 32.1 Å². The third kappa shape index (κ3) is 2.14. The quantitative estimate of drug-likeness (QED) is 0.720. The summed E-state index contributed by atoms with van der Waals surface area (Å²) in [7, 11) is 0. The Morgan fingerprint density at radius 3 is 2.06 bits per heavy atom. The second kappa shape index (κ2) is 3.99. The molecule has 3 N–H and O–H groups in total. The van der Waals surface area contributed by atoms with E-state index in [9.17, 15) is 5.11 Å². The molecular formula is C14H27NO. The lowest BCUT2D eigenvalue weighted by Crippen LogP contribution is -2.63. The van der Waals surface area contributed by atoms with Crippen LogP contribution in [0.4, 0.5) is 0 Å². The molecule has 0 spiro atoms. The zero-order valence-electron chi connectivity index (χ0n) is 10.9. The molecule has 2 aliphatic carbocycles. The SMILES string of the molecule is CC1(C)CCCC(O)(C2(N)CCCCC2)C1. The van der Waals surface area contributed by atoms with Gasteiger partial charge in [0.2, 0.25) is 0 Å². The van der Waals surface area contributed by atoms with Gasteiger partial charge in [-0.05, 0) is 43.9 Å². The molecule has 94 valence electrons. The topological polar surface area (TPSA) is 46.2 Å². The second-order valence-electron chi connectivity index (χ2n) is 6.94. The Morgan fingerprint density at radius 1 is 0.875 bits per heavy atom. The molecule has 0 radical (unpaired) electrons. The molecule has 0 aromatic heterocycles. The van der Waals surface area contributed by atoms with E-state index in [0.29, 0.717) is 0 Å². The summed E-state index contributed by atoms with van der Waals surface area (Å²) in [5.74, 6) is 0. The molecule has 0 heterocycles. The molecule has 2 heteroatoms. The van der Waals surface area contributed by atoms with Crippen LogP contribution in [0, 0.1) is 5.41 Å². The fraction of sp³-hybridized carbons (Fsp3) is 1.00. The molecule has 0 bridgehead atoms. The van der Waals surface area contributed by atoms with E-state index in [2.05, 4.69) is 13.8 Å². The Balaban J connectivity index is 2.16. The van der Waals surface area contributed by atoms with Gasteiger partial charge in [0.05, 0.1) is 5.60 Å². The van der Waals surface area contributed by atoms with Crippen molar-refractivity contribution in [1.29, 1.82) is 0 Å². The summed E-state index contributed by atoms with van der Waals surface area (Å²) < 4.78 is 0. The molecule has 2 fully saturated rings. The summed E-state index contributed by atoms with van der Waals surface area (Å²) in [6.45, 7) is 4.53. The number of nitrogens with two attached hydrogens (primary N) is 1. The predicted octanol–water partition coefficient (Wildman–Crippen LogP) is 2.98. The molecule has 2 rings (SSSR count). The highest BCUT2D eigenvalue weighted by molar-refractivity contribution is 5.08. The van der Waals surface area contributed by atoms with Crippen LogP contribution in [0.2, 0.25) is 0 Å². The predicted molar refractivity (Wildman–Crippen MR) is 67.2 cm³/mol. The van der Waals surface area contributed by atoms with E-state index in [4.69, 9.17) is 5.73 Å². The lowest BCUT2D eigenvalue weighted by atomic mass is 9.59. The second-order valence-corrected chi connectivity index (χ2v) is 6.94. The smallest absolute Gasteiger partial charge is 0.0831 e. The Kier molecular flexibility index (Phi) is 3.09. The van der Waals surface area contributed by atoms with Gasteiger partial charge in [-0.3, -0.25) is 0 Å². The molecule has 1 unspecified atom stereocenters. The first-order valence-electron chi connectivity index (χ1n) is 6.88. The molecular weight excluding hydrogens is 198 g/mol. The maximum Gasteiger partial charge on any atom is 0.0831 e. The molecule has 1 atom stereocenters. The molecule has 0 amide bonds. The maximum absolute atomic E-state index is 11.0. The zero-order chi connectivity index (χ0) is 11.9. The standard InChI is InChI=1S/C14H27NO/c1-12(2)7-6-10-14(16,11-12)13(15)8-4-3-5-9-13/h16H,3-11,15H2,1-2H3. The summed E-state index contributed by atoms with van der Waals surface area (Å²) in [6.07, 6.45) is 9.85. The molecule has 2 saturated carbocycles. The highest BCUT2D eigenvalue weighted by Gasteiger charge is 2.51. The Labute approximate surface area is 99.6 Å². The number of hydrogen-bond donors (Lipinski definition) is 2. The van der Waals surface area contributed by atoms with Crippen LogP contribution < -0.4 is 5.73 Å². The average molecular weight is 225 g/mol. The van der Waals surface area contributed by atoms with Gasteiger partial charge in [-0.1, -0.05) is 33.1 Å². The van der Waals surface area contributed by atoms with Crippen LogP contribution in [-0.2, 0) is 0 Å². The van der Waals surface area contributed by atoms with Crippen molar-refractivity contribution in [1.82, 2.24) is 0 Å². The normalized spacial score (nSPS) is 38.2. The summed E-state index contributed by atoms with van der Waals surface area (Å²) >= 11 is 0. The number of aliphatic hydroxyl groups is 1. The van der Waals surface area contributed by atoms with E-state index in [1.165, 1.54) is 25.7 Å². The highest BCUT2D eigenvalue weighted by atomic mass is 16.3. The Bertz CT molecular complexity index is 255. The van der Waals surface area contributed by atoms with E-state index >= 15 is 0 Å². The van der Waals surface area contributed by atoms with Gasteiger partial charge in [0, 0.05) is 5.54 Å². The van der Waals surface area contributed by atoms with Crippen LogP contribution in [0.5, 0.6) is 0 Å². The van der Waals surface area contributed by atoms with Gasteiger partial charge in [-0.25, -0.2) is 0 Å². The molecule has 0 saturated heterocycles. The van der Waals surface area contributed by atoms with Crippen LogP contribution in [-0.4, -0.2) is 16.2 Å². The van der Waals surface area contributed by atoms with Crippen LogP contribution in [0.15, 0.2) is 0 Å². The van der Waals surface area contributed by atoms with E-state index in [-0.39, 0.29) is 11.0 Å². The van der Waals surface area contributed by atoms with Crippen molar-refractivity contribution in [3.63, 3.8) is 0 Å². The summed E-state index contributed by atoms with van der Waals surface area (Å²) in [5.41, 5.74) is 5.90. The van der Waals surface area contributed by atoms with Crippen molar-refractivity contribution in [2.45, 2.75) is 82.8 Å². The van der Waals surface area contributed by atoms with Crippen molar-refractivity contribution in [2.75, 3.05) is 0 Å². The van der Waals surface area contributed by atoms with Crippen LogP contribution in [0.3, 0.4) is 0 Å². The molecule has 0 aromatic rings. The number of hydrogen-bond acceptors (Lipinski definition) is 2. The highest BCUT2D eigenvalue weighted by Crippen LogP contribution is 2.48. The molecule has 0 aromatic carbocycles. The summed E-state index contributed by atoms with van der Waals surface area (Å²) in [6, 6.07) is 0. The summed E-state index contributed by atoms with van der Waals surface area (Å²) in [5, 5.41) is 11.0. The first-order chi connectivity index (χ1) is 7.37. The molecule has 0 aliphatic heterocycles. The minimum absolute atomic E-state index is 0.261. The van der Waals surface area contributed by atoms with Gasteiger partial charge in [-0.2, -0.15) is 0 Å². The van der Waals surface area contributed by atoms with Crippen LogP contribution >= 0.6 is 0 Å². The fourth-order valence-electron chi connectivity index (χ4n) is 3.90. The third-order valence-electron chi connectivity index (χ3n) is 4.89. The van der Waals surface area contributed by atoms with Crippen molar-refractivity contribution in [2.24, 2.45) is 11.1 Å². The van der Waals surface area contributed by atoms with Gasteiger partial charge in [0.25, 0.3) is 0 Å². The fourth-order valence-corrected chi connectivity index (χ4v) is 3.90. The lowest BCUT2D eigenvalue weighted by molar-refractivity contribution is -0.106. The van der Waals surface area contributed by atoms with Gasteiger partial charge in [0.15, 0.2) is 0 Å². The van der Waals surface area contributed by atoms with Crippen LogP contribution in [0.1, 0.15) is 71.6 Å². The Hall–Kier alpha value is -0.0800. The van der Waals surface area contributed by atoms with Crippen molar-refractivity contribution < 1.29 is 5.11 Å². The van der Waals surface area contributed by atoms with E-state index < -0.39 is 5.60 Å². The van der Waals surface area contributed by atoms with E-state index in [1.807, 2.05) is 0 Å². The first kappa shape index (κ1) is 12.4. The zero-order valence-corrected chi connectivity index (χ0v) is 10.9. The van der Waals surface area contributed by atoms with Crippen LogP contribution in [0.25, 0.3) is 0 Å². The van der Waals surface area contributed by atoms with Crippen molar-refractivity contribution in [3.05, 3.63) is 0 Å². The average Bonchev–Trinajstić information content (AvgIpc) is 2.16. The van der Waals surface area contributed by atoms with Gasteiger partial charge in [0.1, 0.15) is 0 Å². The summed E-state index contributed by atoms with van der Waals surface area (Å²) in [4.78, 5) is 0. The monoisotopic (exact) mass is 225 g/mol. The third-order valence-corrected chi connectivity index (χ3v) is 4.89. The van der Waals surface area contributed by atoms with E-state index in [1.54, 1.807) is 0 Å². The maximum atomic E-state index is 11.0. The van der Waals surface area contributed by atoms with Gasteiger partial charge >= 0.3 is 0 Å². The van der Waals surface area contributed by atoms with Crippen molar-refractivity contribution in [3.8, 4) is 0 Å². The lowest BCUT2D eigenvalue weighted by Gasteiger charge is -2.53. The molecule has 2 nitrogen and oxygen atoms in total. The minimum atomic E-state index is -0.602. The minimum Gasteiger partial charge on any atom is -0.388 e.